The van der Waals surface area contributed by atoms with Gasteiger partial charge < -0.3 is 14.4 Å². The lowest BCUT2D eigenvalue weighted by Crippen LogP contribution is -2.34. The number of amides is 1. The Kier molecular flexibility index (Phi) is 4.62. The van der Waals surface area contributed by atoms with Crippen LogP contribution >= 0.6 is 0 Å². The maximum absolute atomic E-state index is 12.5. The highest BCUT2D eigenvalue weighted by molar-refractivity contribution is 5.99. The van der Waals surface area contributed by atoms with E-state index in [2.05, 4.69) is 0 Å². The SMILES string of the molecule is CN(CCOc1ccccc1)C(=O)C1=Cc2ccccc2OC1. The Bertz CT molecular complexity index is 710. The van der Waals surface area contributed by atoms with E-state index in [9.17, 15) is 4.79 Å². The molecule has 0 radical (unpaired) electrons. The van der Waals surface area contributed by atoms with Gasteiger partial charge in [-0.1, -0.05) is 36.4 Å². The molecule has 2 aromatic carbocycles. The molecule has 0 saturated heterocycles. The van der Waals surface area contributed by atoms with Crippen LogP contribution in [0.4, 0.5) is 0 Å². The highest BCUT2D eigenvalue weighted by Crippen LogP contribution is 2.26. The molecule has 0 N–H and O–H groups in total. The summed E-state index contributed by atoms with van der Waals surface area (Å²) >= 11 is 0. The second-order valence-electron chi connectivity index (χ2n) is 5.38. The van der Waals surface area contributed by atoms with Gasteiger partial charge in [0.15, 0.2) is 0 Å². The van der Waals surface area contributed by atoms with Crippen molar-refractivity contribution in [2.24, 2.45) is 0 Å². The smallest absolute Gasteiger partial charge is 0.253 e. The summed E-state index contributed by atoms with van der Waals surface area (Å²) in [6.07, 6.45) is 1.90. The van der Waals surface area contributed by atoms with Crippen LogP contribution in [0.15, 0.2) is 60.2 Å². The van der Waals surface area contributed by atoms with Crippen molar-refractivity contribution in [2.45, 2.75) is 0 Å². The molecule has 0 aromatic heterocycles. The quantitative estimate of drug-likeness (QED) is 0.852. The summed E-state index contributed by atoms with van der Waals surface area (Å²) in [5.41, 5.74) is 1.60. The lowest BCUT2D eigenvalue weighted by molar-refractivity contribution is -0.126. The molecule has 23 heavy (non-hydrogen) atoms. The molecule has 1 aliphatic heterocycles. The van der Waals surface area contributed by atoms with Crippen molar-refractivity contribution in [1.82, 2.24) is 4.90 Å². The van der Waals surface area contributed by atoms with E-state index < -0.39 is 0 Å². The molecule has 3 rings (SSSR count). The molecule has 1 heterocycles. The largest absolute Gasteiger partial charge is 0.492 e. The van der Waals surface area contributed by atoms with E-state index >= 15 is 0 Å². The molecule has 4 heteroatoms. The van der Waals surface area contributed by atoms with Gasteiger partial charge in [-0.05, 0) is 24.3 Å². The minimum absolute atomic E-state index is 0.0313. The average molecular weight is 309 g/mol. The van der Waals surface area contributed by atoms with Crippen LogP contribution in [0.3, 0.4) is 0 Å². The topological polar surface area (TPSA) is 38.8 Å². The first-order valence-electron chi connectivity index (χ1n) is 7.60. The monoisotopic (exact) mass is 309 g/mol. The Morgan fingerprint density at radius 1 is 1.13 bits per heavy atom. The number of ether oxygens (including phenoxy) is 2. The predicted molar refractivity (Wildman–Crippen MR) is 89.5 cm³/mol. The third kappa shape index (κ3) is 3.72. The number of benzene rings is 2. The molecule has 0 atom stereocenters. The first kappa shape index (κ1) is 15.2. The van der Waals surface area contributed by atoms with Crippen LogP contribution in [0, 0.1) is 0 Å². The molecule has 118 valence electrons. The first-order chi connectivity index (χ1) is 11.2. The van der Waals surface area contributed by atoms with Gasteiger partial charge in [0.25, 0.3) is 5.91 Å². The Balaban J connectivity index is 1.57. The third-order valence-electron chi connectivity index (χ3n) is 3.69. The van der Waals surface area contributed by atoms with Gasteiger partial charge in [0, 0.05) is 12.6 Å². The molecule has 0 saturated carbocycles. The summed E-state index contributed by atoms with van der Waals surface area (Å²) in [6, 6.07) is 17.3. The van der Waals surface area contributed by atoms with Crippen molar-refractivity contribution in [3.63, 3.8) is 0 Å². The molecule has 0 bridgehead atoms. The van der Waals surface area contributed by atoms with Crippen molar-refractivity contribution in [3.8, 4) is 11.5 Å². The van der Waals surface area contributed by atoms with Crippen LogP contribution in [-0.2, 0) is 4.79 Å². The summed E-state index contributed by atoms with van der Waals surface area (Å²) < 4.78 is 11.3. The third-order valence-corrected chi connectivity index (χ3v) is 3.69. The number of fused-ring (bicyclic) bond motifs is 1. The van der Waals surface area contributed by atoms with Gasteiger partial charge in [0.1, 0.15) is 24.7 Å². The number of carbonyl (C=O) groups excluding carboxylic acids is 1. The summed E-state index contributed by atoms with van der Waals surface area (Å²) in [4.78, 5) is 14.1. The summed E-state index contributed by atoms with van der Waals surface area (Å²) in [7, 11) is 1.78. The van der Waals surface area contributed by atoms with Crippen molar-refractivity contribution in [1.29, 1.82) is 0 Å². The van der Waals surface area contributed by atoms with E-state index in [4.69, 9.17) is 9.47 Å². The number of carbonyl (C=O) groups is 1. The fourth-order valence-electron chi connectivity index (χ4n) is 2.40. The van der Waals surface area contributed by atoms with E-state index in [1.54, 1.807) is 11.9 Å². The molecule has 0 unspecified atom stereocenters. The van der Waals surface area contributed by atoms with Crippen molar-refractivity contribution in [3.05, 3.63) is 65.7 Å². The van der Waals surface area contributed by atoms with Gasteiger partial charge in [0.2, 0.25) is 0 Å². The van der Waals surface area contributed by atoms with Gasteiger partial charge in [-0.25, -0.2) is 0 Å². The van der Waals surface area contributed by atoms with Crippen molar-refractivity contribution >= 4 is 12.0 Å². The number of hydrogen-bond donors (Lipinski definition) is 0. The molecular formula is C19H19NO3. The van der Waals surface area contributed by atoms with Crippen LogP contribution in [0.2, 0.25) is 0 Å². The summed E-state index contributed by atoms with van der Waals surface area (Å²) in [5.74, 6) is 1.60. The lowest BCUT2D eigenvalue weighted by Gasteiger charge is -2.22. The minimum Gasteiger partial charge on any atom is -0.492 e. The Morgan fingerprint density at radius 3 is 2.70 bits per heavy atom. The molecular weight excluding hydrogens is 290 g/mol. The zero-order chi connectivity index (χ0) is 16.1. The lowest BCUT2D eigenvalue weighted by atomic mass is 10.1. The molecule has 1 aliphatic rings. The van der Waals surface area contributed by atoms with Crippen LogP contribution in [0.1, 0.15) is 5.56 Å². The highest BCUT2D eigenvalue weighted by Gasteiger charge is 2.19. The van der Waals surface area contributed by atoms with Crippen LogP contribution in [0.25, 0.3) is 6.08 Å². The number of hydrogen-bond acceptors (Lipinski definition) is 3. The Morgan fingerprint density at radius 2 is 1.87 bits per heavy atom. The normalized spacial score (nSPS) is 12.7. The highest BCUT2D eigenvalue weighted by atomic mass is 16.5. The van der Waals surface area contributed by atoms with Crippen molar-refractivity contribution in [2.75, 3.05) is 26.8 Å². The molecule has 0 aliphatic carbocycles. The van der Waals surface area contributed by atoms with E-state index in [1.807, 2.05) is 60.7 Å². The standard InChI is InChI=1S/C19H19NO3/c1-20(11-12-22-17-8-3-2-4-9-17)19(21)16-13-15-7-5-6-10-18(15)23-14-16/h2-10,13H,11-12,14H2,1H3. The van der Waals surface area contributed by atoms with E-state index in [-0.39, 0.29) is 5.91 Å². The number of nitrogens with zero attached hydrogens (tertiary/aromatic N) is 1. The van der Waals surface area contributed by atoms with Gasteiger partial charge >= 0.3 is 0 Å². The predicted octanol–water partition coefficient (Wildman–Crippen LogP) is 3.00. The maximum Gasteiger partial charge on any atom is 0.253 e. The molecule has 1 amide bonds. The van der Waals surface area contributed by atoms with Crippen molar-refractivity contribution < 1.29 is 14.3 Å². The first-order valence-corrected chi connectivity index (χ1v) is 7.60. The fraction of sp³-hybridized carbons (Fsp3) is 0.211. The zero-order valence-corrected chi connectivity index (χ0v) is 13.1. The second-order valence-corrected chi connectivity index (χ2v) is 5.38. The number of likely N-dealkylation sites (N-methyl/N-ethyl adjacent to an activating group) is 1. The number of rotatable bonds is 5. The van der Waals surface area contributed by atoms with Gasteiger partial charge in [-0.3, -0.25) is 4.79 Å². The Labute approximate surface area is 135 Å². The fourth-order valence-corrected chi connectivity index (χ4v) is 2.40. The molecule has 2 aromatic rings. The second kappa shape index (κ2) is 7.01. The van der Waals surface area contributed by atoms with E-state index in [1.165, 1.54) is 0 Å². The maximum atomic E-state index is 12.5. The number of para-hydroxylation sites is 2. The molecule has 0 spiro atoms. The van der Waals surface area contributed by atoms with E-state index in [0.29, 0.717) is 25.3 Å². The summed E-state index contributed by atoms with van der Waals surface area (Å²) in [6.45, 7) is 1.28. The van der Waals surface area contributed by atoms with Gasteiger partial charge in [-0.2, -0.15) is 0 Å². The van der Waals surface area contributed by atoms with Gasteiger partial charge in [0.05, 0.1) is 12.1 Å². The minimum atomic E-state index is -0.0313. The van der Waals surface area contributed by atoms with Crippen LogP contribution in [-0.4, -0.2) is 37.6 Å². The zero-order valence-electron chi connectivity index (χ0n) is 13.1. The average Bonchev–Trinajstić information content (AvgIpc) is 2.61. The van der Waals surface area contributed by atoms with E-state index in [0.717, 1.165) is 17.1 Å². The molecule has 0 fully saturated rings. The van der Waals surface area contributed by atoms with Crippen LogP contribution in [0.5, 0.6) is 11.5 Å². The summed E-state index contributed by atoms with van der Waals surface area (Å²) in [5, 5.41) is 0. The van der Waals surface area contributed by atoms with Crippen LogP contribution < -0.4 is 9.47 Å². The Hall–Kier alpha value is -2.75. The van der Waals surface area contributed by atoms with Gasteiger partial charge in [-0.15, -0.1) is 0 Å². The molecule has 4 nitrogen and oxygen atoms in total.